The molecule has 0 radical (unpaired) electrons. The Morgan fingerprint density at radius 3 is 2.50 bits per heavy atom. The first-order valence-electron chi connectivity index (χ1n) is 5.68. The summed E-state index contributed by atoms with van der Waals surface area (Å²) >= 11 is 6.00. The van der Waals surface area contributed by atoms with Crippen LogP contribution >= 0.6 is 11.6 Å². The van der Waals surface area contributed by atoms with Crippen LogP contribution in [0.1, 0.15) is 11.1 Å². The Morgan fingerprint density at radius 2 is 1.75 bits per heavy atom. The number of aliphatic imine (C=N–C) groups is 1. The van der Waals surface area contributed by atoms with Gasteiger partial charge >= 0.3 is 6.18 Å². The zero-order chi connectivity index (χ0) is 14.3. The molecule has 0 amide bonds. The summed E-state index contributed by atoms with van der Waals surface area (Å²) in [5, 5.41) is -0.0314. The number of ether oxygens (including phenoxy) is 1. The van der Waals surface area contributed by atoms with Gasteiger partial charge in [-0.15, -0.1) is 0 Å². The van der Waals surface area contributed by atoms with Crippen molar-refractivity contribution in [2.24, 2.45) is 4.99 Å². The van der Waals surface area contributed by atoms with E-state index in [1.54, 1.807) is 24.3 Å². The molecule has 0 spiro atoms. The summed E-state index contributed by atoms with van der Waals surface area (Å²) in [5.74, 6) is 0.695. The minimum Gasteiger partial charge on any atom is -0.454 e. The smallest absolute Gasteiger partial charge is 0.416 e. The van der Waals surface area contributed by atoms with Crippen molar-refractivity contribution in [2.75, 3.05) is 0 Å². The second-order valence-electron chi connectivity index (χ2n) is 4.18. The number of alkyl halides is 3. The number of hydrogen-bond acceptors (Lipinski definition) is 2. The van der Waals surface area contributed by atoms with E-state index in [0.717, 1.165) is 12.1 Å². The van der Waals surface area contributed by atoms with Crippen LogP contribution in [0.2, 0.25) is 0 Å². The Balaban J connectivity index is 2.17. The van der Waals surface area contributed by atoms with Crippen LogP contribution in [0.5, 0.6) is 11.5 Å². The number of fused-ring (bicyclic) bond motifs is 2. The third kappa shape index (κ3) is 2.25. The van der Waals surface area contributed by atoms with E-state index in [1.165, 1.54) is 6.07 Å². The van der Waals surface area contributed by atoms with E-state index < -0.39 is 11.7 Å². The second kappa shape index (κ2) is 4.52. The van der Waals surface area contributed by atoms with E-state index in [2.05, 4.69) is 4.99 Å². The largest absolute Gasteiger partial charge is 0.454 e. The van der Waals surface area contributed by atoms with Gasteiger partial charge in [-0.05, 0) is 30.3 Å². The molecular formula is C14H7ClF3NO. The molecule has 0 atom stereocenters. The van der Waals surface area contributed by atoms with Gasteiger partial charge in [0.2, 0.25) is 0 Å². The number of benzene rings is 2. The van der Waals surface area contributed by atoms with Gasteiger partial charge in [-0.25, -0.2) is 4.99 Å². The van der Waals surface area contributed by atoms with Crippen LogP contribution in [-0.4, -0.2) is 5.17 Å². The lowest BCUT2D eigenvalue weighted by molar-refractivity contribution is -0.137. The summed E-state index contributed by atoms with van der Waals surface area (Å²) in [4.78, 5) is 4.09. The minimum atomic E-state index is -4.44. The van der Waals surface area contributed by atoms with E-state index in [1.807, 2.05) is 0 Å². The Hall–Kier alpha value is -2.01. The summed E-state index contributed by atoms with van der Waals surface area (Å²) in [5.41, 5.74) is -0.195. The molecule has 1 heterocycles. The summed E-state index contributed by atoms with van der Waals surface area (Å²) in [6.45, 7) is 0. The maximum absolute atomic E-state index is 12.7. The van der Waals surface area contributed by atoms with E-state index in [4.69, 9.17) is 16.3 Å². The molecule has 6 heteroatoms. The van der Waals surface area contributed by atoms with Crippen molar-refractivity contribution >= 4 is 22.5 Å². The Labute approximate surface area is 117 Å². The van der Waals surface area contributed by atoms with Crippen molar-refractivity contribution in [1.82, 2.24) is 0 Å². The third-order valence-electron chi connectivity index (χ3n) is 2.83. The van der Waals surface area contributed by atoms with E-state index >= 15 is 0 Å². The van der Waals surface area contributed by atoms with Gasteiger partial charge < -0.3 is 4.74 Å². The average Bonchev–Trinajstić information content (AvgIpc) is 2.53. The molecule has 0 unspecified atom stereocenters. The monoisotopic (exact) mass is 297 g/mol. The van der Waals surface area contributed by atoms with Crippen LogP contribution in [0.25, 0.3) is 0 Å². The number of rotatable bonds is 0. The highest BCUT2D eigenvalue weighted by molar-refractivity contribution is 6.70. The summed E-state index contributed by atoms with van der Waals surface area (Å²) < 4.78 is 43.8. The number of para-hydroxylation sites is 2. The number of hydrogen-bond donors (Lipinski definition) is 0. The molecule has 2 nitrogen and oxygen atoms in total. The third-order valence-corrected chi connectivity index (χ3v) is 3.12. The highest BCUT2D eigenvalue weighted by Gasteiger charge is 2.32. The molecule has 2 aromatic rings. The molecule has 102 valence electrons. The fourth-order valence-electron chi connectivity index (χ4n) is 1.88. The molecule has 0 fully saturated rings. The SMILES string of the molecule is FC(F)(F)c1ccc2c(c1)C(Cl)=Nc1ccccc1O2. The lowest BCUT2D eigenvalue weighted by atomic mass is 10.1. The van der Waals surface area contributed by atoms with Gasteiger partial charge in [0.15, 0.2) is 5.75 Å². The topological polar surface area (TPSA) is 21.6 Å². The summed E-state index contributed by atoms with van der Waals surface area (Å²) in [6.07, 6.45) is -4.44. The lowest BCUT2D eigenvalue weighted by Gasteiger charge is -2.11. The number of nitrogens with zero attached hydrogens (tertiary/aromatic N) is 1. The summed E-state index contributed by atoms with van der Waals surface area (Å²) in [7, 11) is 0. The molecule has 20 heavy (non-hydrogen) atoms. The fraction of sp³-hybridized carbons (Fsp3) is 0.0714. The minimum absolute atomic E-state index is 0.0314. The first-order chi connectivity index (χ1) is 9.45. The first kappa shape index (κ1) is 13.0. The van der Waals surface area contributed by atoms with Gasteiger partial charge in [-0.2, -0.15) is 13.2 Å². The Morgan fingerprint density at radius 1 is 1.00 bits per heavy atom. The molecule has 0 saturated heterocycles. The molecule has 3 rings (SSSR count). The standard InChI is InChI=1S/C14H7ClF3NO/c15-13-9-7-8(14(16,17)18)5-6-11(9)20-12-4-2-1-3-10(12)19-13/h1-7H. The number of halogens is 4. The predicted molar refractivity (Wildman–Crippen MR) is 70.0 cm³/mol. The highest BCUT2D eigenvalue weighted by atomic mass is 35.5. The normalized spacial score (nSPS) is 13.7. The molecule has 1 aliphatic heterocycles. The van der Waals surface area contributed by atoms with Crippen LogP contribution in [0.15, 0.2) is 47.5 Å². The fourth-order valence-corrected chi connectivity index (χ4v) is 2.12. The van der Waals surface area contributed by atoms with Crippen molar-refractivity contribution in [3.63, 3.8) is 0 Å². The molecule has 0 aromatic heterocycles. The van der Waals surface area contributed by atoms with Gasteiger partial charge in [0.05, 0.1) is 11.1 Å². The van der Waals surface area contributed by atoms with Crippen LogP contribution in [0.3, 0.4) is 0 Å². The van der Waals surface area contributed by atoms with Crippen LogP contribution in [0.4, 0.5) is 18.9 Å². The maximum atomic E-state index is 12.7. The molecular weight excluding hydrogens is 291 g/mol. The maximum Gasteiger partial charge on any atom is 0.416 e. The predicted octanol–water partition coefficient (Wildman–Crippen LogP) is 5.13. The first-order valence-corrected chi connectivity index (χ1v) is 6.05. The van der Waals surface area contributed by atoms with Gasteiger partial charge in [-0.1, -0.05) is 23.7 Å². The molecule has 0 bridgehead atoms. The quantitative estimate of drug-likeness (QED) is 0.660. The Kier molecular flexibility index (Phi) is 2.94. The highest BCUT2D eigenvalue weighted by Crippen LogP contribution is 2.40. The molecule has 0 N–H and O–H groups in total. The zero-order valence-corrected chi connectivity index (χ0v) is 10.7. The molecule has 0 saturated carbocycles. The van der Waals surface area contributed by atoms with E-state index in [0.29, 0.717) is 11.4 Å². The van der Waals surface area contributed by atoms with Gasteiger partial charge in [0, 0.05) is 0 Å². The van der Waals surface area contributed by atoms with Crippen molar-refractivity contribution in [2.45, 2.75) is 6.18 Å². The van der Waals surface area contributed by atoms with Crippen LogP contribution < -0.4 is 4.74 Å². The van der Waals surface area contributed by atoms with Gasteiger partial charge in [-0.3, -0.25) is 0 Å². The van der Waals surface area contributed by atoms with Crippen molar-refractivity contribution < 1.29 is 17.9 Å². The van der Waals surface area contributed by atoms with Crippen molar-refractivity contribution in [1.29, 1.82) is 0 Å². The summed E-state index contributed by atoms with van der Waals surface area (Å²) in [6, 6.07) is 9.98. The van der Waals surface area contributed by atoms with Gasteiger partial charge in [0.1, 0.15) is 16.6 Å². The van der Waals surface area contributed by atoms with Crippen LogP contribution in [-0.2, 0) is 6.18 Å². The van der Waals surface area contributed by atoms with Gasteiger partial charge in [0.25, 0.3) is 0 Å². The second-order valence-corrected chi connectivity index (χ2v) is 4.54. The van der Waals surface area contributed by atoms with Crippen molar-refractivity contribution in [3.05, 3.63) is 53.6 Å². The Bertz CT molecular complexity index is 710. The van der Waals surface area contributed by atoms with Crippen LogP contribution in [0, 0.1) is 0 Å². The van der Waals surface area contributed by atoms with Crippen molar-refractivity contribution in [3.8, 4) is 11.5 Å². The van der Waals surface area contributed by atoms with E-state index in [9.17, 15) is 13.2 Å². The molecule has 1 aliphatic rings. The zero-order valence-electron chi connectivity index (χ0n) is 9.91. The average molecular weight is 298 g/mol. The lowest BCUT2D eigenvalue weighted by Crippen LogP contribution is -2.06. The van der Waals surface area contributed by atoms with E-state index in [-0.39, 0.29) is 16.5 Å². The molecule has 2 aromatic carbocycles. The molecule has 0 aliphatic carbocycles.